The normalized spacial score (nSPS) is 16.5. The largest absolute Gasteiger partial charge is 0.405 e. The molecule has 0 radical (unpaired) electrons. The lowest BCUT2D eigenvalue weighted by molar-refractivity contribution is 0.845. The molecule has 3 heteroatoms. The average molecular weight is 437 g/mol. The number of aromatic nitrogens is 1. The van der Waals surface area contributed by atoms with Crippen LogP contribution in [0.3, 0.4) is 0 Å². The van der Waals surface area contributed by atoms with Gasteiger partial charge in [0.2, 0.25) is 0 Å². The van der Waals surface area contributed by atoms with E-state index in [-0.39, 0.29) is 5.92 Å². The molecule has 32 heavy (non-hydrogen) atoms. The van der Waals surface area contributed by atoms with Gasteiger partial charge in [0, 0.05) is 28.9 Å². The quantitative estimate of drug-likeness (QED) is 0.406. The molecule has 0 fully saturated rings. The molecule has 0 bridgehead atoms. The Morgan fingerprint density at radius 1 is 1.03 bits per heavy atom. The second-order valence-electron chi connectivity index (χ2n) is 7.68. The Bertz CT molecular complexity index is 1230. The Labute approximate surface area is 194 Å². The van der Waals surface area contributed by atoms with E-state index in [9.17, 15) is 0 Å². The maximum atomic E-state index is 6.62. The third kappa shape index (κ3) is 4.99. The van der Waals surface area contributed by atoms with Gasteiger partial charge < -0.3 is 5.73 Å². The van der Waals surface area contributed by atoms with Gasteiger partial charge in [-0.3, -0.25) is 4.98 Å². The second kappa shape index (κ2) is 10.1. The van der Waals surface area contributed by atoms with E-state index in [0.29, 0.717) is 0 Å². The minimum atomic E-state index is 0.195. The molecular formula is C29H25ClN2. The molecule has 2 nitrogen and oxygen atoms in total. The van der Waals surface area contributed by atoms with Crippen molar-refractivity contribution >= 4 is 22.7 Å². The van der Waals surface area contributed by atoms with Crippen molar-refractivity contribution in [1.29, 1.82) is 0 Å². The Balaban J connectivity index is 1.69. The topological polar surface area (TPSA) is 38.9 Å². The van der Waals surface area contributed by atoms with Crippen LogP contribution >= 0.6 is 11.6 Å². The van der Waals surface area contributed by atoms with E-state index in [4.69, 9.17) is 17.3 Å². The van der Waals surface area contributed by atoms with Crippen LogP contribution < -0.4 is 5.73 Å². The number of pyridine rings is 1. The van der Waals surface area contributed by atoms with E-state index < -0.39 is 0 Å². The van der Waals surface area contributed by atoms with Crippen LogP contribution in [0, 0.1) is 0 Å². The number of nitrogens with two attached hydrogens (primary N) is 1. The fourth-order valence-corrected chi connectivity index (χ4v) is 4.24. The molecular weight excluding hydrogens is 412 g/mol. The molecule has 0 saturated carbocycles. The summed E-state index contributed by atoms with van der Waals surface area (Å²) in [6, 6.07) is 21.1. The molecule has 4 rings (SSSR count). The van der Waals surface area contributed by atoms with Gasteiger partial charge in [-0.25, -0.2) is 0 Å². The van der Waals surface area contributed by atoms with Crippen LogP contribution in [0.2, 0.25) is 0 Å². The van der Waals surface area contributed by atoms with Crippen molar-refractivity contribution in [2.75, 3.05) is 0 Å². The zero-order chi connectivity index (χ0) is 22.3. The lowest BCUT2D eigenvalue weighted by Crippen LogP contribution is -2.02. The molecule has 1 unspecified atom stereocenters. The van der Waals surface area contributed by atoms with Crippen molar-refractivity contribution in [1.82, 2.24) is 4.98 Å². The molecule has 2 N–H and O–H groups in total. The summed E-state index contributed by atoms with van der Waals surface area (Å²) in [5, 5.41) is 0.857. The van der Waals surface area contributed by atoms with Crippen LogP contribution in [0.15, 0.2) is 121 Å². The van der Waals surface area contributed by atoms with Crippen LogP contribution in [-0.2, 0) is 0 Å². The Morgan fingerprint density at radius 2 is 1.84 bits per heavy atom. The number of rotatable bonds is 6. The van der Waals surface area contributed by atoms with Gasteiger partial charge in [-0.05, 0) is 70.3 Å². The molecule has 1 aromatic heterocycles. The predicted molar refractivity (Wildman–Crippen MR) is 137 cm³/mol. The van der Waals surface area contributed by atoms with E-state index in [1.807, 2.05) is 30.5 Å². The third-order valence-electron chi connectivity index (χ3n) is 5.55. The maximum absolute atomic E-state index is 6.62. The standard InChI is InChI=1S/C29H25ClN2/c1-2-21(11-5-13-31)22-7-3-9-24(15-22)27-17-28(19-29(30)18-27)25-10-4-8-23(16-25)26-12-6-14-32-20-26/h2-17,19-20,27H,1,18,31H2/b13-5-,21-11+. The summed E-state index contributed by atoms with van der Waals surface area (Å²) in [5.74, 6) is 0.195. The summed E-state index contributed by atoms with van der Waals surface area (Å²) in [5.41, 5.74) is 13.4. The SMILES string of the molecule is C=C/C(=C\C=C/N)c1cccc(C2C=C(c3cccc(-c4cccnc4)c3)C=C(Cl)C2)c1. The van der Waals surface area contributed by atoms with E-state index >= 15 is 0 Å². The first-order valence-electron chi connectivity index (χ1n) is 10.6. The summed E-state index contributed by atoms with van der Waals surface area (Å²) in [7, 11) is 0. The highest BCUT2D eigenvalue weighted by Crippen LogP contribution is 2.37. The molecule has 1 atom stereocenters. The van der Waals surface area contributed by atoms with E-state index in [0.717, 1.165) is 44.9 Å². The fourth-order valence-electron chi connectivity index (χ4n) is 3.96. The number of hydrogen-bond acceptors (Lipinski definition) is 2. The summed E-state index contributed by atoms with van der Waals surface area (Å²) in [4.78, 5) is 4.24. The molecule has 0 aliphatic heterocycles. The molecule has 1 aliphatic carbocycles. The summed E-state index contributed by atoms with van der Waals surface area (Å²) < 4.78 is 0. The average Bonchev–Trinajstić information content (AvgIpc) is 2.85. The minimum Gasteiger partial charge on any atom is -0.405 e. The van der Waals surface area contributed by atoms with Crippen LogP contribution in [0.25, 0.3) is 22.3 Å². The summed E-state index contributed by atoms with van der Waals surface area (Å²) in [6.07, 6.45) is 16.0. The first-order chi connectivity index (χ1) is 15.7. The molecule has 0 amide bonds. The predicted octanol–water partition coefficient (Wildman–Crippen LogP) is 7.48. The van der Waals surface area contributed by atoms with E-state index in [1.54, 1.807) is 6.20 Å². The molecule has 2 aromatic carbocycles. The number of allylic oxidation sites excluding steroid dienone is 8. The van der Waals surface area contributed by atoms with Crippen molar-refractivity contribution in [3.8, 4) is 11.1 Å². The second-order valence-corrected chi connectivity index (χ2v) is 8.17. The summed E-state index contributed by atoms with van der Waals surface area (Å²) >= 11 is 6.62. The number of hydrogen-bond donors (Lipinski definition) is 1. The van der Waals surface area contributed by atoms with Crippen molar-refractivity contribution in [2.45, 2.75) is 12.3 Å². The highest BCUT2D eigenvalue weighted by molar-refractivity contribution is 6.30. The van der Waals surface area contributed by atoms with E-state index in [2.05, 4.69) is 78.3 Å². The molecule has 158 valence electrons. The van der Waals surface area contributed by atoms with E-state index in [1.165, 1.54) is 11.8 Å². The lowest BCUT2D eigenvalue weighted by Gasteiger charge is -2.21. The third-order valence-corrected chi connectivity index (χ3v) is 5.82. The smallest absolute Gasteiger partial charge is 0.0346 e. The number of nitrogens with zero attached hydrogens (tertiary/aromatic N) is 1. The highest BCUT2D eigenvalue weighted by Gasteiger charge is 2.18. The molecule has 3 aromatic rings. The first-order valence-corrected chi connectivity index (χ1v) is 11.0. The molecule has 1 aliphatic rings. The summed E-state index contributed by atoms with van der Waals surface area (Å²) in [6.45, 7) is 3.94. The van der Waals surface area contributed by atoms with Crippen molar-refractivity contribution < 1.29 is 0 Å². The van der Waals surface area contributed by atoms with Crippen LogP contribution in [0.4, 0.5) is 0 Å². The van der Waals surface area contributed by atoms with Crippen LogP contribution in [0.5, 0.6) is 0 Å². The molecule has 0 spiro atoms. The Hall–Kier alpha value is -3.62. The van der Waals surface area contributed by atoms with Crippen molar-refractivity contribution in [2.24, 2.45) is 5.73 Å². The highest BCUT2D eigenvalue weighted by atomic mass is 35.5. The minimum absolute atomic E-state index is 0.195. The van der Waals surface area contributed by atoms with Gasteiger partial charge in [0.25, 0.3) is 0 Å². The van der Waals surface area contributed by atoms with Crippen LogP contribution in [0.1, 0.15) is 29.0 Å². The molecule has 0 saturated heterocycles. The van der Waals surface area contributed by atoms with Gasteiger partial charge in [-0.1, -0.05) is 84.9 Å². The molecule has 1 heterocycles. The van der Waals surface area contributed by atoms with Gasteiger partial charge >= 0.3 is 0 Å². The van der Waals surface area contributed by atoms with Gasteiger partial charge in [0.05, 0.1) is 0 Å². The van der Waals surface area contributed by atoms with Crippen molar-refractivity contribution in [3.05, 3.63) is 138 Å². The zero-order valence-corrected chi connectivity index (χ0v) is 18.5. The maximum Gasteiger partial charge on any atom is 0.0346 e. The number of halogens is 1. The van der Waals surface area contributed by atoms with Gasteiger partial charge in [-0.15, -0.1) is 0 Å². The first kappa shape index (κ1) is 21.6. The number of benzene rings is 2. The lowest BCUT2D eigenvalue weighted by atomic mass is 9.85. The fraction of sp³-hybridized carbons (Fsp3) is 0.0690. The van der Waals surface area contributed by atoms with Crippen LogP contribution in [-0.4, -0.2) is 4.98 Å². The zero-order valence-electron chi connectivity index (χ0n) is 17.8. The van der Waals surface area contributed by atoms with Gasteiger partial charge in [0.1, 0.15) is 0 Å². The Morgan fingerprint density at radius 3 is 2.62 bits per heavy atom. The Kier molecular flexibility index (Phi) is 6.84. The van der Waals surface area contributed by atoms with Crippen molar-refractivity contribution in [3.63, 3.8) is 0 Å². The van der Waals surface area contributed by atoms with Gasteiger partial charge in [0.15, 0.2) is 0 Å². The monoisotopic (exact) mass is 436 g/mol. The van der Waals surface area contributed by atoms with Gasteiger partial charge in [-0.2, -0.15) is 0 Å².